The van der Waals surface area contributed by atoms with Crippen LogP contribution in [0.5, 0.6) is 0 Å². The van der Waals surface area contributed by atoms with Crippen LogP contribution >= 0.6 is 0 Å². The highest BCUT2D eigenvalue weighted by atomic mass is 16.5. The molecule has 63 heavy (non-hydrogen) atoms. The Balaban J connectivity index is 3.41. The van der Waals surface area contributed by atoms with E-state index in [1.807, 2.05) is 0 Å². The third kappa shape index (κ3) is 26.4. The number of nitrogens with one attached hydrogen (secondary N) is 3. The summed E-state index contributed by atoms with van der Waals surface area (Å²) in [6, 6.07) is 1.23. The number of unbranched alkanes of at least 4 members (excludes halogenated alkanes) is 21. The second-order valence-corrected chi connectivity index (χ2v) is 16.9. The number of hydrogen-bond acceptors (Lipinski definition) is 9. The first kappa shape index (κ1) is 57.1. The van der Waals surface area contributed by atoms with E-state index in [2.05, 4.69) is 36.7 Å². The zero-order valence-corrected chi connectivity index (χ0v) is 40.4. The van der Waals surface area contributed by atoms with Crippen LogP contribution in [0.25, 0.3) is 0 Å². The van der Waals surface area contributed by atoms with Crippen molar-refractivity contribution in [2.45, 2.75) is 233 Å². The molecule has 0 aromatic heterocycles. The lowest BCUT2D eigenvalue weighted by atomic mass is 10.0. The van der Waals surface area contributed by atoms with Gasteiger partial charge in [-0.25, -0.2) is 14.4 Å². The molecule has 0 fully saturated rings. The van der Waals surface area contributed by atoms with Crippen molar-refractivity contribution in [2.75, 3.05) is 19.8 Å². The van der Waals surface area contributed by atoms with Crippen LogP contribution in [0.15, 0.2) is 18.2 Å². The Morgan fingerprint density at radius 2 is 0.556 bits per heavy atom. The summed E-state index contributed by atoms with van der Waals surface area (Å²) in [5.74, 6) is -3.68. The summed E-state index contributed by atoms with van der Waals surface area (Å²) in [5, 5.41) is 8.42. The maximum Gasteiger partial charge on any atom is 0.328 e. The molecule has 3 atom stereocenters. The number of benzene rings is 1. The van der Waals surface area contributed by atoms with Crippen LogP contribution in [0.2, 0.25) is 0 Å². The first-order valence-corrected chi connectivity index (χ1v) is 25.1. The molecule has 0 aliphatic rings. The molecular weight excluding hydrogens is 799 g/mol. The summed E-state index contributed by atoms with van der Waals surface area (Å²) >= 11 is 0. The predicted molar refractivity (Wildman–Crippen MR) is 252 cm³/mol. The molecule has 1 aromatic carbocycles. The van der Waals surface area contributed by atoms with Gasteiger partial charge in [-0.3, -0.25) is 14.4 Å². The molecule has 1 rings (SSSR count). The first-order valence-electron chi connectivity index (χ1n) is 25.1. The van der Waals surface area contributed by atoms with E-state index in [4.69, 9.17) is 14.2 Å². The molecule has 0 aliphatic heterocycles. The Bertz CT molecular complexity index is 1260. The van der Waals surface area contributed by atoms with Crippen LogP contribution in [0.4, 0.5) is 0 Å². The van der Waals surface area contributed by atoms with Crippen LogP contribution in [0.3, 0.4) is 0 Å². The van der Waals surface area contributed by atoms with E-state index in [0.717, 1.165) is 57.8 Å². The van der Waals surface area contributed by atoms with Gasteiger partial charge in [0.15, 0.2) is 0 Å². The summed E-state index contributed by atoms with van der Waals surface area (Å²) in [5.41, 5.74) is -0.112. The molecule has 0 aliphatic carbocycles. The van der Waals surface area contributed by atoms with Gasteiger partial charge in [-0.1, -0.05) is 175 Å². The minimum Gasteiger partial charge on any atom is -0.464 e. The molecular formula is C51H87N3O9. The van der Waals surface area contributed by atoms with E-state index in [0.29, 0.717) is 38.5 Å². The van der Waals surface area contributed by atoms with E-state index >= 15 is 0 Å². The third-order valence-electron chi connectivity index (χ3n) is 11.4. The SMILES string of the molecule is CCCCCCCCCCC(NC(=O)c1cc(C(=O)NC(CCCCCCCCCC)C(=O)OCC)cc(C(=O)NC(CCCCCCCCCC)C(=O)OCC)c1)C(=O)OCC. The Morgan fingerprint density at radius 1 is 0.349 bits per heavy atom. The fourth-order valence-corrected chi connectivity index (χ4v) is 7.67. The zero-order valence-electron chi connectivity index (χ0n) is 40.4. The molecule has 0 spiro atoms. The second-order valence-electron chi connectivity index (χ2n) is 16.9. The van der Waals surface area contributed by atoms with Crippen molar-refractivity contribution in [3.63, 3.8) is 0 Å². The van der Waals surface area contributed by atoms with Crippen LogP contribution in [0, 0.1) is 0 Å². The molecule has 12 nitrogen and oxygen atoms in total. The first-order chi connectivity index (χ1) is 30.6. The Labute approximate surface area is 381 Å². The Morgan fingerprint density at radius 3 is 0.762 bits per heavy atom. The van der Waals surface area contributed by atoms with Gasteiger partial charge < -0.3 is 30.2 Å². The molecule has 3 amide bonds. The van der Waals surface area contributed by atoms with E-state index in [1.54, 1.807) is 20.8 Å². The molecule has 0 heterocycles. The van der Waals surface area contributed by atoms with Crippen molar-refractivity contribution in [3.8, 4) is 0 Å². The highest BCUT2D eigenvalue weighted by Gasteiger charge is 2.28. The third-order valence-corrected chi connectivity index (χ3v) is 11.4. The molecule has 1 aromatic rings. The Kier molecular flexibility index (Phi) is 33.9. The van der Waals surface area contributed by atoms with Crippen molar-refractivity contribution < 1.29 is 43.0 Å². The average molecular weight is 886 g/mol. The number of esters is 3. The van der Waals surface area contributed by atoms with Gasteiger partial charge in [0.1, 0.15) is 18.1 Å². The van der Waals surface area contributed by atoms with Crippen LogP contribution < -0.4 is 16.0 Å². The summed E-state index contributed by atoms with van der Waals surface area (Å²) in [7, 11) is 0. The quantitative estimate of drug-likeness (QED) is 0.0331. The largest absolute Gasteiger partial charge is 0.464 e. The minimum atomic E-state index is -0.938. The number of carbonyl (C=O) groups excluding carboxylic acids is 6. The normalized spacial score (nSPS) is 12.5. The molecule has 360 valence electrons. The number of hydrogen-bond donors (Lipinski definition) is 3. The molecule has 0 saturated carbocycles. The molecule has 12 heteroatoms. The number of rotatable bonds is 39. The van der Waals surface area contributed by atoms with Crippen molar-refractivity contribution in [1.29, 1.82) is 0 Å². The van der Waals surface area contributed by atoms with E-state index in [9.17, 15) is 28.8 Å². The summed E-state index contributed by atoms with van der Waals surface area (Å²) < 4.78 is 16.0. The second kappa shape index (κ2) is 37.4. The number of amides is 3. The maximum atomic E-state index is 14.0. The standard InChI is InChI=1S/C51H87N3O9/c1-7-13-16-19-22-25-28-31-34-43(49(58)61-10-4)52-46(55)40-37-41(47(56)53-44(50(59)62-11-5)35-32-29-26-23-20-17-14-8-2)39-42(38-40)48(57)54-45(51(60)63-12-6)36-33-30-27-24-21-18-15-9-3/h37-39,43-45H,7-36H2,1-6H3,(H,52,55)(H,53,56)(H,54,57). The lowest BCUT2D eigenvalue weighted by Crippen LogP contribution is -2.43. The van der Waals surface area contributed by atoms with Crippen molar-refractivity contribution in [1.82, 2.24) is 16.0 Å². The number of ether oxygens (including phenoxy) is 3. The van der Waals surface area contributed by atoms with E-state index in [-0.39, 0.29) is 36.5 Å². The highest BCUT2D eigenvalue weighted by molar-refractivity contribution is 6.06. The van der Waals surface area contributed by atoms with Gasteiger partial charge in [-0.2, -0.15) is 0 Å². The Hall–Kier alpha value is -3.96. The average Bonchev–Trinajstić information content (AvgIpc) is 3.27. The molecule has 0 radical (unpaired) electrons. The monoisotopic (exact) mass is 886 g/mol. The van der Waals surface area contributed by atoms with Crippen LogP contribution in [0.1, 0.15) is 246 Å². The molecule has 0 saturated heterocycles. The topological polar surface area (TPSA) is 166 Å². The minimum absolute atomic E-state index is 0.0375. The van der Waals surface area contributed by atoms with Gasteiger partial charge in [0, 0.05) is 16.7 Å². The van der Waals surface area contributed by atoms with Crippen molar-refractivity contribution in [2.24, 2.45) is 0 Å². The number of carbonyl (C=O) groups is 6. The summed E-state index contributed by atoms with van der Waals surface area (Å²) in [6.45, 7) is 12.1. The van der Waals surface area contributed by atoms with Crippen LogP contribution in [-0.4, -0.2) is 73.6 Å². The van der Waals surface area contributed by atoms with Gasteiger partial charge in [-0.05, 0) is 58.2 Å². The van der Waals surface area contributed by atoms with Gasteiger partial charge >= 0.3 is 17.9 Å². The van der Waals surface area contributed by atoms with Gasteiger partial charge in [0.25, 0.3) is 17.7 Å². The van der Waals surface area contributed by atoms with E-state index in [1.165, 1.54) is 95.2 Å². The lowest BCUT2D eigenvalue weighted by molar-refractivity contribution is -0.146. The van der Waals surface area contributed by atoms with E-state index < -0.39 is 53.8 Å². The highest BCUT2D eigenvalue weighted by Crippen LogP contribution is 2.18. The fraction of sp³-hybridized carbons (Fsp3) is 0.765. The van der Waals surface area contributed by atoms with Gasteiger partial charge in [-0.15, -0.1) is 0 Å². The lowest BCUT2D eigenvalue weighted by Gasteiger charge is -2.20. The molecule has 0 bridgehead atoms. The fourth-order valence-electron chi connectivity index (χ4n) is 7.67. The molecule has 3 N–H and O–H groups in total. The summed E-state index contributed by atoms with van der Waals surface area (Å²) in [4.78, 5) is 81.3. The van der Waals surface area contributed by atoms with Gasteiger partial charge in [0.05, 0.1) is 19.8 Å². The van der Waals surface area contributed by atoms with Crippen molar-refractivity contribution in [3.05, 3.63) is 34.9 Å². The zero-order chi connectivity index (χ0) is 46.5. The van der Waals surface area contributed by atoms with Gasteiger partial charge in [0.2, 0.25) is 0 Å². The summed E-state index contributed by atoms with van der Waals surface area (Å²) in [6.07, 6.45) is 26.7. The van der Waals surface area contributed by atoms with Crippen molar-refractivity contribution >= 4 is 35.6 Å². The molecule has 3 unspecified atom stereocenters. The van der Waals surface area contributed by atoms with Crippen LogP contribution in [-0.2, 0) is 28.6 Å². The smallest absolute Gasteiger partial charge is 0.328 e. The predicted octanol–water partition coefficient (Wildman–Crippen LogP) is 11.3. The maximum absolute atomic E-state index is 14.0.